The van der Waals surface area contributed by atoms with Crippen molar-refractivity contribution in [1.82, 2.24) is 9.88 Å². The molecule has 0 saturated heterocycles. The summed E-state index contributed by atoms with van der Waals surface area (Å²) in [5, 5.41) is 1.06. The van der Waals surface area contributed by atoms with Crippen molar-refractivity contribution >= 4 is 41.3 Å². The molecule has 19 heavy (non-hydrogen) atoms. The Hall–Kier alpha value is -0.370. The van der Waals surface area contributed by atoms with E-state index in [0.29, 0.717) is 24.5 Å². The van der Waals surface area contributed by atoms with E-state index in [1.807, 2.05) is 7.05 Å². The van der Waals surface area contributed by atoms with Crippen LogP contribution in [-0.2, 0) is 6.54 Å². The second-order valence-corrected chi connectivity index (χ2v) is 6.51. The first-order valence-corrected chi connectivity index (χ1v) is 7.29. The topological polar surface area (TPSA) is 54.5 Å². The molecule has 1 fully saturated rings. The maximum atomic E-state index is 5.96. The molecule has 1 aromatic heterocycles. The third-order valence-electron chi connectivity index (χ3n) is 3.26. The van der Waals surface area contributed by atoms with E-state index >= 15 is 0 Å². The predicted octanol–water partition coefficient (Wildman–Crippen LogP) is 3.10. The van der Waals surface area contributed by atoms with Gasteiger partial charge < -0.3 is 10.6 Å². The quantitative estimate of drug-likeness (QED) is 0.485. The summed E-state index contributed by atoms with van der Waals surface area (Å²) < 4.78 is 0. The second kappa shape index (κ2) is 6.88. The highest BCUT2D eigenvalue weighted by molar-refractivity contribution is 14.0. The summed E-state index contributed by atoms with van der Waals surface area (Å²) in [5.74, 6) is 1.11. The Morgan fingerprint density at radius 2 is 2.16 bits per heavy atom. The van der Waals surface area contributed by atoms with Gasteiger partial charge in [0.1, 0.15) is 5.01 Å². The molecule has 0 aromatic carbocycles. The molecule has 0 aliphatic heterocycles. The Labute approximate surface area is 136 Å². The van der Waals surface area contributed by atoms with Crippen LogP contribution in [0.15, 0.2) is 4.99 Å². The van der Waals surface area contributed by atoms with Crippen LogP contribution in [0.2, 0.25) is 0 Å². The highest BCUT2D eigenvalue weighted by Gasteiger charge is 2.27. The maximum absolute atomic E-state index is 5.96. The number of hydrogen-bond donors (Lipinski definition) is 1. The molecule has 1 aliphatic rings. The molecular formula is C13H23IN4S. The van der Waals surface area contributed by atoms with E-state index in [2.05, 4.69) is 35.6 Å². The van der Waals surface area contributed by atoms with E-state index in [-0.39, 0.29) is 24.0 Å². The zero-order valence-corrected chi connectivity index (χ0v) is 15.2. The van der Waals surface area contributed by atoms with Gasteiger partial charge in [-0.2, -0.15) is 0 Å². The van der Waals surface area contributed by atoms with Gasteiger partial charge in [0.15, 0.2) is 5.96 Å². The lowest BCUT2D eigenvalue weighted by atomic mass is 10.1. The summed E-state index contributed by atoms with van der Waals surface area (Å²) in [7, 11) is 2.02. The lowest BCUT2D eigenvalue weighted by Crippen LogP contribution is -2.35. The van der Waals surface area contributed by atoms with Crippen LogP contribution in [0.4, 0.5) is 0 Å². The Balaban J connectivity index is 0.00000180. The Morgan fingerprint density at radius 1 is 1.53 bits per heavy atom. The van der Waals surface area contributed by atoms with Gasteiger partial charge in [0, 0.05) is 18.0 Å². The number of nitrogens with two attached hydrogens (primary N) is 1. The van der Waals surface area contributed by atoms with Crippen LogP contribution < -0.4 is 5.73 Å². The van der Waals surface area contributed by atoms with E-state index in [0.717, 1.165) is 5.01 Å². The molecule has 2 rings (SSSR count). The van der Waals surface area contributed by atoms with Crippen LogP contribution in [0.5, 0.6) is 0 Å². The van der Waals surface area contributed by atoms with Gasteiger partial charge in [-0.25, -0.2) is 9.98 Å². The number of guanidine groups is 1. The van der Waals surface area contributed by atoms with E-state index in [1.54, 1.807) is 11.3 Å². The van der Waals surface area contributed by atoms with Gasteiger partial charge in [-0.1, -0.05) is 13.8 Å². The van der Waals surface area contributed by atoms with Crippen molar-refractivity contribution in [1.29, 1.82) is 0 Å². The van der Waals surface area contributed by atoms with Crippen LogP contribution in [0.1, 0.15) is 48.2 Å². The summed E-state index contributed by atoms with van der Waals surface area (Å²) in [6.45, 7) is 7.07. The minimum absolute atomic E-state index is 0. The molecule has 1 aromatic rings. The second-order valence-electron chi connectivity index (χ2n) is 5.22. The Morgan fingerprint density at radius 3 is 2.63 bits per heavy atom. The number of hydrogen-bond acceptors (Lipinski definition) is 3. The van der Waals surface area contributed by atoms with Crippen molar-refractivity contribution in [3.63, 3.8) is 0 Å². The predicted molar refractivity (Wildman–Crippen MR) is 92.5 cm³/mol. The van der Waals surface area contributed by atoms with Crippen molar-refractivity contribution < 1.29 is 0 Å². The first-order chi connectivity index (χ1) is 8.49. The Bertz CT molecular complexity index is 451. The molecular weight excluding hydrogens is 371 g/mol. The zero-order chi connectivity index (χ0) is 13.3. The number of nitrogens with zero attached hydrogens (tertiary/aromatic N) is 3. The van der Waals surface area contributed by atoms with Crippen molar-refractivity contribution in [2.75, 3.05) is 7.05 Å². The molecule has 0 spiro atoms. The van der Waals surface area contributed by atoms with Crippen molar-refractivity contribution in [2.45, 2.75) is 52.1 Å². The minimum Gasteiger partial charge on any atom is -0.370 e. The van der Waals surface area contributed by atoms with Gasteiger partial charge in [0.2, 0.25) is 0 Å². The van der Waals surface area contributed by atoms with Crippen LogP contribution in [0.3, 0.4) is 0 Å². The molecule has 1 heterocycles. The first-order valence-electron chi connectivity index (χ1n) is 6.48. The van der Waals surface area contributed by atoms with Gasteiger partial charge in [-0.3, -0.25) is 0 Å². The molecule has 1 aliphatic carbocycles. The molecule has 2 N–H and O–H groups in total. The van der Waals surface area contributed by atoms with Crippen LogP contribution in [0, 0.1) is 6.92 Å². The van der Waals surface area contributed by atoms with Crippen molar-refractivity contribution in [3.8, 4) is 0 Å². The van der Waals surface area contributed by atoms with Crippen LogP contribution in [0.25, 0.3) is 0 Å². The summed E-state index contributed by atoms with van der Waals surface area (Å²) in [6.07, 6.45) is 2.47. The number of rotatable bonds is 4. The van der Waals surface area contributed by atoms with Gasteiger partial charge in [-0.15, -0.1) is 35.3 Å². The Kier molecular flexibility index (Phi) is 6.04. The fraction of sp³-hybridized carbons (Fsp3) is 0.692. The molecule has 0 bridgehead atoms. The lowest BCUT2D eigenvalue weighted by Gasteiger charge is -2.16. The molecule has 1 saturated carbocycles. The third-order valence-corrected chi connectivity index (χ3v) is 4.23. The SMILES string of the molecule is Cc1sc(CN=C(N)N(C)C2CC2)nc1C(C)C.I. The van der Waals surface area contributed by atoms with Gasteiger partial charge in [0.05, 0.1) is 12.2 Å². The highest BCUT2D eigenvalue weighted by Crippen LogP contribution is 2.26. The van der Waals surface area contributed by atoms with Crippen LogP contribution in [-0.4, -0.2) is 28.9 Å². The number of aliphatic imine (C=N–C) groups is 1. The van der Waals surface area contributed by atoms with Crippen molar-refractivity contribution in [3.05, 3.63) is 15.6 Å². The lowest BCUT2D eigenvalue weighted by molar-refractivity contribution is 0.487. The minimum atomic E-state index is 0. The summed E-state index contributed by atoms with van der Waals surface area (Å²) in [4.78, 5) is 12.4. The van der Waals surface area contributed by atoms with E-state index in [1.165, 1.54) is 23.4 Å². The average molecular weight is 394 g/mol. The summed E-state index contributed by atoms with van der Waals surface area (Å²) in [5.41, 5.74) is 7.16. The highest BCUT2D eigenvalue weighted by atomic mass is 127. The van der Waals surface area contributed by atoms with E-state index < -0.39 is 0 Å². The third kappa shape index (κ3) is 4.30. The monoisotopic (exact) mass is 394 g/mol. The van der Waals surface area contributed by atoms with Gasteiger partial charge in [-0.05, 0) is 25.7 Å². The number of aromatic nitrogens is 1. The normalized spacial score (nSPS) is 15.5. The van der Waals surface area contributed by atoms with Gasteiger partial charge in [0.25, 0.3) is 0 Å². The molecule has 0 atom stereocenters. The number of aryl methyl sites for hydroxylation is 1. The fourth-order valence-corrected chi connectivity index (χ4v) is 2.99. The number of halogens is 1. The molecule has 6 heteroatoms. The average Bonchev–Trinajstić information content (AvgIpc) is 3.09. The maximum Gasteiger partial charge on any atom is 0.191 e. The molecule has 4 nitrogen and oxygen atoms in total. The standard InChI is InChI=1S/C13H22N4S.HI/c1-8(2)12-9(3)18-11(16-12)7-15-13(14)17(4)10-5-6-10;/h8,10H,5-7H2,1-4H3,(H2,14,15);1H. The zero-order valence-electron chi connectivity index (χ0n) is 12.0. The van der Waals surface area contributed by atoms with E-state index in [4.69, 9.17) is 5.73 Å². The van der Waals surface area contributed by atoms with Gasteiger partial charge >= 0.3 is 0 Å². The molecule has 0 unspecified atom stereocenters. The number of thiazole rings is 1. The van der Waals surface area contributed by atoms with Crippen molar-refractivity contribution in [2.24, 2.45) is 10.7 Å². The molecule has 108 valence electrons. The summed E-state index contributed by atoms with van der Waals surface area (Å²) >= 11 is 1.73. The smallest absolute Gasteiger partial charge is 0.191 e. The molecule has 0 radical (unpaired) electrons. The summed E-state index contributed by atoms with van der Waals surface area (Å²) in [6, 6.07) is 0.609. The molecule has 0 amide bonds. The van der Waals surface area contributed by atoms with E-state index in [9.17, 15) is 0 Å². The largest absolute Gasteiger partial charge is 0.370 e. The fourth-order valence-electron chi connectivity index (χ4n) is 1.98. The first kappa shape index (κ1) is 16.7. The van der Waals surface area contributed by atoms with Crippen LogP contribution >= 0.6 is 35.3 Å².